The number of rotatable bonds is 4. The fourth-order valence-electron chi connectivity index (χ4n) is 1.47. The molecule has 0 aliphatic heterocycles. The first kappa shape index (κ1) is 11.2. The molecule has 0 atom stereocenters. The maximum absolute atomic E-state index is 11.6. The second-order valence-electron chi connectivity index (χ2n) is 3.13. The molecule has 0 aliphatic carbocycles. The van der Waals surface area contributed by atoms with Crippen LogP contribution in [0.3, 0.4) is 0 Å². The molecular formula is C11H13ClO2. The summed E-state index contributed by atoms with van der Waals surface area (Å²) in [4.78, 5) is 11.6. The number of aliphatic hydroxyl groups excluding tert-OH is 1. The van der Waals surface area contributed by atoms with E-state index in [0.717, 1.165) is 5.56 Å². The van der Waals surface area contributed by atoms with Crippen molar-refractivity contribution in [2.45, 2.75) is 20.0 Å². The fraction of sp³-hybridized carbons (Fsp3) is 0.364. The lowest BCUT2D eigenvalue weighted by atomic mass is 9.97. The molecule has 0 aliphatic rings. The number of aliphatic hydroxyl groups is 1. The Kier molecular flexibility index (Phi) is 4.11. The van der Waals surface area contributed by atoms with E-state index in [4.69, 9.17) is 16.7 Å². The molecule has 2 nitrogen and oxygen atoms in total. The van der Waals surface area contributed by atoms with Crippen LogP contribution >= 0.6 is 11.6 Å². The van der Waals surface area contributed by atoms with Crippen LogP contribution in [0.4, 0.5) is 0 Å². The zero-order valence-electron chi connectivity index (χ0n) is 8.09. The van der Waals surface area contributed by atoms with E-state index in [1.54, 1.807) is 6.07 Å². The normalized spacial score (nSPS) is 10.2. The minimum Gasteiger partial charge on any atom is -0.392 e. The van der Waals surface area contributed by atoms with Crippen LogP contribution in [0.2, 0.25) is 0 Å². The number of hydrogen-bond donors (Lipinski definition) is 1. The quantitative estimate of drug-likeness (QED) is 0.614. The highest BCUT2D eigenvalue weighted by atomic mass is 35.5. The van der Waals surface area contributed by atoms with Crippen LogP contribution in [-0.4, -0.2) is 16.8 Å². The lowest BCUT2D eigenvalue weighted by Crippen LogP contribution is -2.07. The summed E-state index contributed by atoms with van der Waals surface area (Å²) in [5.41, 5.74) is 2.20. The molecule has 0 saturated carbocycles. The Morgan fingerprint density at radius 1 is 1.50 bits per heavy atom. The molecule has 0 amide bonds. The van der Waals surface area contributed by atoms with Crippen molar-refractivity contribution in [1.82, 2.24) is 0 Å². The Bertz CT molecular complexity index is 334. The number of benzene rings is 1. The first-order chi connectivity index (χ1) is 6.70. The van der Waals surface area contributed by atoms with Gasteiger partial charge in [-0.25, -0.2) is 0 Å². The average molecular weight is 213 g/mol. The van der Waals surface area contributed by atoms with Crippen LogP contribution < -0.4 is 0 Å². The van der Waals surface area contributed by atoms with E-state index in [0.29, 0.717) is 23.4 Å². The monoisotopic (exact) mass is 212 g/mol. The van der Waals surface area contributed by atoms with Crippen LogP contribution in [0.25, 0.3) is 0 Å². The average Bonchev–Trinajstić information content (AvgIpc) is 2.17. The Hall–Kier alpha value is -0.860. The number of carbonyl (C=O) groups is 1. The number of Topliss-reactive ketones (excluding diaryl/α,β-unsaturated/α-hetero) is 1. The summed E-state index contributed by atoms with van der Waals surface area (Å²) in [5.74, 6) is 0.319. The molecule has 1 rings (SSSR count). The summed E-state index contributed by atoms with van der Waals surface area (Å²) in [7, 11) is 0. The van der Waals surface area contributed by atoms with E-state index < -0.39 is 0 Å². The molecule has 0 saturated heterocycles. The van der Waals surface area contributed by atoms with Gasteiger partial charge in [0.15, 0.2) is 5.78 Å². The molecule has 0 radical (unpaired) electrons. The van der Waals surface area contributed by atoms with Crippen molar-refractivity contribution in [2.24, 2.45) is 0 Å². The summed E-state index contributed by atoms with van der Waals surface area (Å²) in [6, 6.07) is 5.45. The molecule has 1 N–H and O–H groups in total. The van der Waals surface area contributed by atoms with Crippen LogP contribution in [0.15, 0.2) is 18.2 Å². The molecular weight excluding hydrogens is 200 g/mol. The highest BCUT2D eigenvalue weighted by Crippen LogP contribution is 2.16. The standard InChI is InChI=1S/C11H13ClO2/c1-8-3-2-4-9(7-13)11(8)10(14)5-6-12/h2-4,13H,5-7H2,1H3. The molecule has 0 fully saturated rings. The lowest BCUT2D eigenvalue weighted by Gasteiger charge is -2.08. The predicted octanol–water partition coefficient (Wildman–Crippen LogP) is 2.30. The SMILES string of the molecule is Cc1cccc(CO)c1C(=O)CCCl. The molecule has 0 spiro atoms. The van der Waals surface area contributed by atoms with E-state index in [-0.39, 0.29) is 12.4 Å². The summed E-state index contributed by atoms with van der Waals surface area (Å²) < 4.78 is 0. The minimum atomic E-state index is -0.106. The number of alkyl halides is 1. The zero-order chi connectivity index (χ0) is 10.6. The number of carbonyl (C=O) groups excluding carboxylic acids is 1. The van der Waals surface area contributed by atoms with Gasteiger partial charge in [0.25, 0.3) is 0 Å². The Balaban J connectivity index is 3.10. The fourth-order valence-corrected chi connectivity index (χ4v) is 1.64. The van der Waals surface area contributed by atoms with Crippen molar-refractivity contribution in [3.8, 4) is 0 Å². The van der Waals surface area contributed by atoms with Gasteiger partial charge in [-0.05, 0) is 18.1 Å². The van der Waals surface area contributed by atoms with Gasteiger partial charge in [-0.1, -0.05) is 18.2 Å². The van der Waals surface area contributed by atoms with E-state index in [9.17, 15) is 4.79 Å². The number of ketones is 1. The van der Waals surface area contributed by atoms with E-state index >= 15 is 0 Å². The largest absolute Gasteiger partial charge is 0.392 e. The summed E-state index contributed by atoms with van der Waals surface area (Å²) >= 11 is 5.51. The number of halogens is 1. The van der Waals surface area contributed by atoms with Crippen LogP contribution in [0.1, 0.15) is 27.9 Å². The first-order valence-corrected chi connectivity index (χ1v) is 5.02. The molecule has 1 aromatic carbocycles. The predicted molar refractivity (Wildman–Crippen MR) is 56.8 cm³/mol. The Morgan fingerprint density at radius 3 is 2.79 bits per heavy atom. The van der Waals surface area contributed by atoms with Crippen LogP contribution in [-0.2, 0) is 6.61 Å². The van der Waals surface area contributed by atoms with Crippen molar-refractivity contribution in [3.63, 3.8) is 0 Å². The summed E-state index contributed by atoms with van der Waals surface area (Å²) in [6.07, 6.45) is 0.319. The van der Waals surface area contributed by atoms with Gasteiger partial charge in [0.2, 0.25) is 0 Å². The zero-order valence-corrected chi connectivity index (χ0v) is 8.84. The maximum atomic E-state index is 11.6. The Morgan fingerprint density at radius 2 is 2.21 bits per heavy atom. The van der Waals surface area contributed by atoms with E-state index in [1.165, 1.54) is 0 Å². The van der Waals surface area contributed by atoms with Gasteiger partial charge in [0.1, 0.15) is 0 Å². The molecule has 0 aromatic heterocycles. The second-order valence-corrected chi connectivity index (χ2v) is 3.51. The van der Waals surface area contributed by atoms with E-state index in [1.807, 2.05) is 19.1 Å². The topological polar surface area (TPSA) is 37.3 Å². The molecule has 1 aromatic rings. The Labute approximate surface area is 88.5 Å². The van der Waals surface area contributed by atoms with Crippen LogP contribution in [0, 0.1) is 6.92 Å². The first-order valence-electron chi connectivity index (χ1n) is 4.49. The van der Waals surface area contributed by atoms with Crippen molar-refractivity contribution in [2.75, 3.05) is 5.88 Å². The smallest absolute Gasteiger partial charge is 0.164 e. The van der Waals surface area contributed by atoms with Gasteiger partial charge in [-0.2, -0.15) is 0 Å². The number of hydrogen-bond acceptors (Lipinski definition) is 2. The third-order valence-electron chi connectivity index (χ3n) is 2.13. The van der Waals surface area contributed by atoms with Crippen molar-refractivity contribution in [3.05, 3.63) is 34.9 Å². The third kappa shape index (κ3) is 2.34. The molecule has 0 unspecified atom stereocenters. The summed E-state index contributed by atoms with van der Waals surface area (Å²) in [6.45, 7) is 1.76. The van der Waals surface area contributed by atoms with Gasteiger partial charge < -0.3 is 5.11 Å². The van der Waals surface area contributed by atoms with Crippen molar-refractivity contribution < 1.29 is 9.90 Å². The summed E-state index contributed by atoms with van der Waals surface area (Å²) in [5, 5.41) is 9.07. The van der Waals surface area contributed by atoms with Gasteiger partial charge in [-0.15, -0.1) is 11.6 Å². The van der Waals surface area contributed by atoms with Gasteiger partial charge in [0, 0.05) is 17.9 Å². The van der Waals surface area contributed by atoms with Crippen LogP contribution in [0.5, 0.6) is 0 Å². The van der Waals surface area contributed by atoms with Gasteiger partial charge in [-0.3, -0.25) is 4.79 Å². The third-order valence-corrected chi connectivity index (χ3v) is 2.32. The number of aryl methyl sites for hydroxylation is 1. The van der Waals surface area contributed by atoms with Gasteiger partial charge in [0.05, 0.1) is 6.61 Å². The van der Waals surface area contributed by atoms with Crippen molar-refractivity contribution in [1.29, 1.82) is 0 Å². The van der Waals surface area contributed by atoms with E-state index in [2.05, 4.69) is 0 Å². The highest BCUT2D eigenvalue weighted by molar-refractivity contribution is 6.19. The lowest BCUT2D eigenvalue weighted by molar-refractivity contribution is 0.0985. The maximum Gasteiger partial charge on any atom is 0.164 e. The van der Waals surface area contributed by atoms with Gasteiger partial charge >= 0.3 is 0 Å². The molecule has 0 bridgehead atoms. The van der Waals surface area contributed by atoms with Crippen molar-refractivity contribution >= 4 is 17.4 Å². The highest BCUT2D eigenvalue weighted by Gasteiger charge is 2.12. The minimum absolute atomic E-state index is 0.00199. The molecule has 14 heavy (non-hydrogen) atoms. The molecule has 3 heteroatoms. The molecule has 76 valence electrons. The molecule has 0 heterocycles. The second kappa shape index (κ2) is 5.13.